The van der Waals surface area contributed by atoms with Crippen LogP contribution in [-0.4, -0.2) is 15.2 Å². The number of alkyl halides is 6. The Morgan fingerprint density at radius 3 is 2.11 bits per heavy atom. The molecule has 0 saturated carbocycles. The van der Waals surface area contributed by atoms with Gasteiger partial charge in [-0.15, -0.1) is 11.3 Å². The Bertz CT molecular complexity index is 929. The molecule has 3 rings (SSSR count). The van der Waals surface area contributed by atoms with Crippen molar-refractivity contribution in [1.29, 1.82) is 0 Å². The Morgan fingerprint density at radius 1 is 1.04 bits per heavy atom. The van der Waals surface area contributed by atoms with Crippen LogP contribution >= 0.6 is 35.3 Å². The molecule has 27 heavy (non-hydrogen) atoms. The molecule has 1 aromatic carbocycles. The van der Waals surface area contributed by atoms with Crippen LogP contribution in [0.3, 0.4) is 0 Å². The molecule has 0 aliphatic carbocycles. The molecule has 0 radical (unpaired) electrons. The summed E-state index contributed by atoms with van der Waals surface area (Å²) >= 11 is 6.69. The van der Waals surface area contributed by atoms with E-state index < -0.39 is 29.4 Å². The number of nitrogens with zero attached hydrogens (tertiary/aromatic N) is 1. The molecule has 1 saturated heterocycles. The van der Waals surface area contributed by atoms with E-state index in [-0.39, 0.29) is 25.9 Å². The number of nitrogens with one attached hydrogen (secondary N) is 1. The fraction of sp³-hybridized carbons (Fsp3) is 0.133. The highest BCUT2D eigenvalue weighted by Gasteiger charge is 2.37. The van der Waals surface area contributed by atoms with Gasteiger partial charge in [0.05, 0.1) is 16.0 Å². The van der Waals surface area contributed by atoms with Crippen LogP contribution in [-0.2, 0) is 17.1 Å². The minimum Gasteiger partial charge on any atom is -0.307 e. The van der Waals surface area contributed by atoms with E-state index in [0.717, 1.165) is 23.1 Å². The predicted molar refractivity (Wildman–Crippen MR) is 93.9 cm³/mol. The third kappa shape index (κ3) is 4.50. The quantitative estimate of drug-likeness (QED) is 0.389. The molecule has 1 aromatic heterocycles. The minimum atomic E-state index is -4.94. The molecule has 0 spiro atoms. The number of hydrogen-bond donors (Lipinski definition) is 1. The second kappa shape index (κ2) is 6.91. The second-order valence-electron chi connectivity index (χ2n) is 5.21. The van der Waals surface area contributed by atoms with Crippen molar-refractivity contribution in [2.45, 2.75) is 12.4 Å². The Labute approximate surface area is 161 Å². The monoisotopic (exact) mass is 440 g/mol. The molecule has 0 atom stereocenters. The molecule has 1 N–H and O–H groups in total. The van der Waals surface area contributed by atoms with Crippen LogP contribution < -0.4 is 5.32 Å². The number of aromatic nitrogens is 1. The highest BCUT2D eigenvalue weighted by molar-refractivity contribution is 8.26. The highest BCUT2D eigenvalue weighted by Crippen LogP contribution is 2.39. The normalized spacial score (nSPS) is 16.9. The summed E-state index contributed by atoms with van der Waals surface area (Å²) in [6.07, 6.45) is -7.20. The summed E-state index contributed by atoms with van der Waals surface area (Å²) in [6.45, 7) is 0. The zero-order valence-electron chi connectivity index (χ0n) is 12.7. The molecular formula is C15H6F6N2OS3. The highest BCUT2D eigenvalue weighted by atomic mass is 32.2. The zero-order valence-corrected chi connectivity index (χ0v) is 15.2. The van der Waals surface area contributed by atoms with E-state index in [1.165, 1.54) is 12.3 Å². The van der Waals surface area contributed by atoms with Crippen molar-refractivity contribution in [3.05, 3.63) is 45.3 Å². The smallest absolute Gasteiger partial charge is 0.307 e. The third-order valence-corrected chi connectivity index (χ3v) is 5.43. The number of thiocarbonyl (C=S) groups is 1. The lowest BCUT2D eigenvalue weighted by Crippen LogP contribution is -2.17. The van der Waals surface area contributed by atoms with Crippen LogP contribution in [0.5, 0.6) is 0 Å². The number of halogens is 6. The number of hydrogen-bond acceptors (Lipinski definition) is 5. The fourth-order valence-corrected chi connectivity index (χ4v) is 4.07. The van der Waals surface area contributed by atoms with Gasteiger partial charge in [-0.25, -0.2) is 4.98 Å². The van der Waals surface area contributed by atoms with Crippen molar-refractivity contribution >= 4 is 51.6 Å². The van der Waals surface area contributed by atoms with Crippen molar-refractivity contribution in [2.24, 2.45) is 0 Å². The first kappa shape index (κ1) is 19.8. The molecule has 12 heteroatoms. The number of rotatable bonds is 2. The number of thiazole rings is 1. The number of carbonyl (C=O) groups is 1. The molecule has 2 aromatic rings. The van der Waals surface area contributed by atoms with Crippen LogP contribution in [0.4, 0.5) is 26.3 Å². The maximum Gasteiger partial charge on any atom is 0.416 e. The van der Waals surface area contributed by atoms with E-state index in [4.69, 9.17) is 12.2 Å². The molecule has 3 nitrogen and oxygen atoms in total. The van der Waals surface area contributed by atoms with Gasteiger partial charge in [0, 0.05) is 16.6 Å². The first-order valence-electron chi connectivity index (χ1n) is 6.94. The molecule has 1 amide bonds. The van der Waals surface area contributed by atoms with Crippen LogP contribution in [0.2, 0.25) is 0 Å². The Hall–Kier alpha value is -1.92. The lowest BCUT2D eigenvalue weighted by atomic mass is 10.1. The first-order valence-corrected chi connectivity index (χ1v) is 8.98. The van der Waals surface area contributed by atoms with Gasteiger partial charge >= 0.3 is 12.4 Å². The van der Waals surface area contributed by atoms with E-state index >= 15 is 0 Å². The average molecular weight is 440 g/mol. The van der Waals surface area contributed by atoms with E-state index in [1.807, 2.05) is 0 Å². The molecule has 142 valence electrons. The van der Waals surface area contributed by atoms with Gasteiger partial charge in [0.1, 0.15) is 9.33 Å². The Balaban J connectivity index is 2.02. The molecular weight excluding hydrogens is 434 g/mol. The number of carbonyl (C=O) groups excluding carboxylic acids is 1. The summed E-state index contributed by atoms with van der Waals surface area (Å²) in [7, 11) is 0. The summed E-state index contributed by atoms with van der Waals surface area (Å²) in [5.74, 6) is -0.432. The molecule has 1 aliphatic rings. The molecule has 1 aliphatic heterocycles. The van der Waals surface area contributed by atoms with Crippen LogP contribution in [0.25, 0.3) is 16.6 Å². The maximum absolute atomic E-state index is 13.0. The van der Waals surface area contributed by atoms with Gasteiger partial charge in [-0.3, -0.25) is 4.79 Å². The summed E-state index contributed by atoms with van der Waals surface area (Å²) in [5.41, 5.74) is -3.15. The van der Waals surface area contributed by atoms with Gasteiger partial charge in [-0.2, -0.15) is 26.3 Å². The van der Waals surface area contributed by atoms with Gasteiger partial charge in [-0.05, 0) is 24.3 Å². The number of benzene rings is 1. The SMILES string of the molecule is O=C1NC(=S)S/C1=C\c1cnc(-c2cc(C(F)(F)F)cc(C(F)(F)F)c2)s1. The number of thioether (sulfide) groups is 1. The molecule has 1 fully saturated rings. The third-order valence-electron chi connectivity index (χ3n) is 3.27. The van der Waals surface area contributed by atoms with Crippen molar-refractivity contribution in [3.63, 3.8) is 0 Å². The largest absolute Gasteiger partial charge is 0.416 e. The lowest BCUT2D eigenvalue weighted by Gasteiger charge is -2.13. The Morgan fingerprint density at radius 2 is 1.63 bits per heavy atom. The number of amides is 1. The Kier molecular flexibility index (Phi) is 5.08. The van der Waals surface area contributed by atoms with Crippen LogP contribution in [0.15, 0.2) is 29.3 Å². The van der Waals surface area contributed by atoms with Gasteiger partial charge in [0.2, 0.25) is 0 Å². The first-order chi connectivity index (χ1) is 12.4. The minimum absolute atomic E-state index is 0.0376. The predicted octanol–water partition coefficient (Wildman–Crippen LogP) is 5.34. The van der Waals surface area contributed by atoms with E-state index in [0.29, 0.717) is 17.0 Å². The van der Waals surface area contributed by atoms with Gasteiger partial charge in [0.15, 0.2) is 0 Å². The zero-order chi connectivity index (χ0) is 20.0. The summed E-state index contributed by atoms with van der Waals surface area (Å²) < 4.78 is 78.0. The van der Waals surface area contributed by atoms with E-state index in [2.05, 4.69) is 10.3 Å². The van der Waals surface area contributed by atoms with Gasteiger partial charge < -0.3 is 5.32 Å². The topological polar surface area (TPSA) is 42.0 Å². The van der Waals surface area contributed by atoms with Crippen molar-refractivity contribution < 1.29 is 31.1 Å². The maximum atomic E-state index is 13.0. The summed E-state index contributed by atoms with van der Waals surface area (Å²) in [6, 6.07) is 1.27. The van der Waals surface area contributed by atoms with Gasteiger partial charge in [-0.1, -0.05) is 24.0 Å². The van der Waals surface area contributed by atoms with Crippen molar-refractivity contribution in [2.75, 3.05) is 0 Å². The summed E-state index contributed by atoms with van der Waals surface area (Å²) in [5, 5.41) is 2.36. The standard InChI is InChI=1S/C15H6F6N2OS3/c16-14(17,18)7-1-6(2-8(3-7)15(19,20)21)12-22-5-9(26-12)4-10-11(24)23-13(25)27-10/h1-5H,(H,23,24,25)/b10-4-. The van der Waals surface area contributed by atoms with E-state index in [9.17, 15) is 31.1 Å². The van der Waals surface area contributed by atoms with E-state index in [1.54, 1.807) is 0 Å². The van der Waals surface area contributed by atoms with Gasteiger partial charge in [0.25, 0.3) is 5.91 Å². The lowest BCUT2D eigenvalue weighted by molar-refractivity contribution is -0.143. The fourth-order valence-electron chi connectivity index (χ4n) is 2.12. The van der Waals surface area contributed by atoms with Crippen LogP contribution in [0.1, 0.15) is 16.0 Å². The van der Waals surface area contributed by atoms with Crippen molar-refractivity contribution in [1.82, 2.24) is 10.3 Å². The molecule has 2 heterocycles. The second-order valence-corrected chi connectivity index (χ2v) is 8.00. The summed E-state index contributed by atoms with van der Waals surface area (Å²) in [4.78, 5) is 16.2. The van der Waals surface area contributed by atoms with Crippen molar-refractivity contribution in [3.8, 4) is 10.6 Å². The molecule has 0 unspecified atom stereocenters. The van der Waals surface area contributed by atoms with Crippen LogP contribution in [0, 0.1) is 0 Å². The average Bonchev–Trinajstić information content (AvgIpc) is 3.12. The molecule has 0 bridgehead atoms.